The number of para-hydroxylation sites is 1. The van der Waals surface area contributed by atoms with E-state index in [-0.39, 0.29) is 0 Å². The van der Waals surface area contributed by atoms with Crippen LogP contribution in [-0.2, 0) is 6.42 Å². The van der Waals surface area contributed by atoms with E-state index in [4.69, 9.17) is 9.47 Å². The number of aromatic nitrogens is 2. The third-order valence-electron chi connectivity index (χ3n) is 2.89. The molecule has 0 saturated carbocycles. The van der Waals surface area contributed by atoms with Crippen molar-refractivity contribution in [3.8, 4) is 22.8 Å². The Balaban J connectivity index is 2.56. The third-order valence-corrected chi connectivity index (χ3v) is 3.30. The first-order valence-electron chi connectivity index (χ1n) is 6.44. The topological polar surface area (TPSA) is 44.2 Å². The highest BCUT2D eigenvalue weighted by Gasteiger charge is 2.14. The third kappa shape index (κ3) is 3.10. The molecule has 20 heavy (non-hydrogen) atoms. The van der Waals surface area contributed by atoms with Crippen LogP contribution in [0.5, 0.6) is 11.5 Å². The Bertz CT molecular complexity index is 602. The molecule has 0 radical (unpaired) electrons. The fourth-order valence-electron chi connectivity index (χ4n) is 2.03. The van der Waals surface area contributed by atoms with E-state index in [0.717, 1.165) is 34.5 Å². The van der Waals surface area contributed by atoms with Crippen molar-refractivity contribution < 1.29 is 9.47 Å². The minimum absolute atomic E-state index is 0.683. The molecule has 0 unspecified atom stereocenters. The number of hydrogen-bond acceptors (Lipinski definition) is 4. The lowest BCUT2D eigenvalue weighted by Gasteiger charge is -2.12. The summed E-state index contributed by atoms with van der Waals surface area (Å²) >= 11 is 3.44. The maximum absolute atomic E-state index is 5.46. The molecule has 0 aliphatic rings. The van der Waals surface area contributed by atoms with Crippen molar-refractivity contribution in [3.05, 3.63) is 34.7 Å². The molecule has 0 amide bonds. The Morgan fingerprint density at radius 3 is 2.60 bits per heavy atom. The molecule has 2 aromatic rings. The summed E-state index contributed by atoms with van der Waals surface area (Å²) in [4.78, 5) is 8.98. The van der Waals surface area contributed by atoms with Gasteiger partial charge in [-0.05, 0) is 40.5 Å². The molecule has 2 rings (SSSR count). The molecule has 0 spiro atoms. The van der Waals surface area contributed by atoms with Gasteiger partial charge in [0.05, 0.1) is 19.9 Å². The number of ether oxygens (including phenoxy) is 2. The van der Waals surface area contributed by atoms with Gasteiger partial charge in [-0.1, -0.05) is 13.0 Å². The Kier molecular flexibility index (Phi) is 4.95. The zero-order valence-corrected chi connectivity index (χ0v) is 13.4. The molecule has 1 heterocycles. The SMILES string of the molecule is CCCc1nc(Br)cc(-c2cccc(OC)c2OC)n1. The molecule has 1 aromatic heterocycles. The highest BCUT2D eigenvalue weighted by Crippen LogP contribution is 2.37. The van der Waals surface area contributed by atoms with Gasteiger partial charge in [0.2, 0.25) is 0 Å². The Morgan fingerprint density at radius 2 is 1.95 bits per heavy atom. The minimum atomic E-state index is 0.683. The van der Waals surface area contributed by atoms with Gasteiger partial charge >= 0.3 is 0 Å². The van der Waals surface area contributed by atoms with E-state index >= 15 is 0 Å². The summed E-state index contributed by atoms with van der Waals surface area (Å²) in [5, 5.41) is 0. The highest BCUT2D eigenvalue weighted by molar-refractivity contribution is 9.10. The normalized spacial score (nSPS) is 10.4. The van der Waals surface area contributed by atoms with Crippen LogP contribution in [0.4, 0.5) is 0 Å². The molecular weight excluding hydrogens is 320 g/mol. The van der Waals surface area contributed by atoms with Gasteiger partial charge in [0.15, 0.2) is 11.5 Å². The van der Waals surface area contributed by atoms with E-state index < -0.39 is 0 Å². The zero-order chi connectivity index (χ0) is 14.5. The van der Waals surface area contributed by atoms with E-state index in [9.17, 15) is 0 Å². The van der Waals surface area contributed by atoms with Gasteiger partial charge < -0.3 is 9.47 Å². The van der Waals surface area contributed by atoms with Gasteiger partial charge in [-0.2, -0.15) is 0 Å². The molecule has 0 saturated heterocycles. The average molecular weight is 337 g/mol. The molecular formula is C15H17BrN2O2. The molecule has 0 N–H and O–H groups in total. The van der Waals surface area contributed by atoms with E-state index in [1.807, 2.05) is 24.3 Å². The molecule has 1 aromatic carbocycles. The Morgan fingerprint density at radius 1 is 1.15 bits per heavy atom. The monoisotopic (exact) mass is 336 g/mol. The van der Waals surface area contributed by atoms with Crippen LogP contribution >= 0.6 is 15.9 Å². The maximum atomic E-state index is 5.46. The highest BCUT2D eigenvalue weighted by atomic mass is 79.9. The van der Waals surface area contributed by atoms with Crippen molar-refractivity contribution in [1.29, 1.82) is 0 Å². The van der Waals surface area contributed by atoms with E-state index in [0.29, 0.717) is 11.5 Å². The number of nitrogens with zero attached hydrogens (tertiary/aromatic N) is 2. The molecule has 0 aliphatic carbocycles. The van der Waals surface area contributed by atoms with E-state index in [2.05, 4.69) is 32.8 Å². The molecule has 0 bridgehead atoms. The number of hydrogen-bond donors (Lipinski definition) is 0. The lowest BCUT2D eigenvalue weighted by atomic mass is 10.1. The Labute approximate surface area is 127 Å². The van der Waals surface area contributed by atoms with Crippen molar-refractivity contribution in [2.45, 2.75) is 19.8 Å². The van der Waals surface area contributed by atoms with Crippen LogP contribution in [-0.4, -0.2) is 24.2 Å². The van der Waals surface area contributed by atoms with Crippen molar-refractivity contribution in [2.24, 2.45) is 0 Å². The summed E-state index contributed by atoms with van der Waals surface area (Å²) in [5.41, 5.74) is 1.72. The summed E-state index contributed by atoms with van der Waals surface area (Å²) in [5.74, 6) is 2.20. The van der Waals surface area contributed by atoms with Crippen molar-refractivity contribution in [3.63, 3.8) is 0 Å². The molecule has 0 aliphatic heterocycles. The predicted octanol–water partition coefficient (Wildman–Crippen LogP) is 3.88. The van der Waals surface area contributed by atoms with Gasteiger partial charge in [-0.15, -0.1) is 0 Å². The lowest BCUT2D eigenvalue weighted by Crippen LogP contribution is -1.99. The summed E-state index contributed by atoms with van der Waals surface area (Å²) in [6, 6.07) is 7.64. The molecule has 0 atom stereocenters. The first-order valence-corrected chi connectivity index (χ1v) is 7.23. The van der Waals surface area contributed by atoms with Crippen LogP contribution < -0.4 is 9.47 Å². The van der Waals surface area contributed by atoms with Crippen molar-refractivity contribution in [2.75, 3.05) is 14.2 Å². The van der Waals surface area contributed by atoms with Crippen LogP contribution in [0.25, 0.3) is 11.3 Å². The number of benzene rings is 1. The smallest absolute Gasteiger partial charge is 0.170 e. The quantitative estimate of drug-likeness (QED) is 0.777. The number of aryl methyl sites for hydroxylation is 1. The van der Waals surface area contributed by atoms with Gasteiger partial charge in [-0.25, -0.2) is 9.97 Å². The second-order valence-corrected chi connectivity index (χ2v) is 5.10. The minimum Gasteiger partial charge on any atom is -0.493 e. The van der Waals surface area contributed by atoms with E-state index in [1.165, 1.54) is 0 Å². The average Bonchev–Trinajstić information content (AvgIpc) is 2.46. The summed E-state index contributed by atoms with van der Waals surface area (Å²) in [6.45, 7) is 2.11. The number of rotatable bonds is 5. The van der Waals surface area contributed by atoms with Gasteiger partial charge in [0.25, 0.3) is 0 Å². The molecule has 5 heteroatoms. The summed E-state index contributed by atoms with van der Waals surface area (Å²) in [7, 11) is 3.25. The first kappa shape index (κ1) is 14.8. The predicted molar refractivity (Wildman–Crippen MR) is 82.3 cm³/mol. The second kappa shape index (κ2) is 6.70. The standard InChI is InChI=1S/C15H17BrN2O2/c1-4-6-14-17-11(9-13(16)18-14)10-7-5-8-12(19-2)15(10)20-3/h5,7-9H,4,6H2,1-3H3. The maximum Gasteiger partial charge on any atom is 0.170 e. The zero-order valence-electron chi connectivity index (χ0n) is 11.8. The number of halogens is 1. The van der Waals surface area contributed by atoms with Gasteiger partial charge in [-0.3, -0.25) is 0 Å². The van der Waals surface area contributed by atoms with E-state index in [1.54, 1.807) is 14.2 Å². The fourth-order valence-corrected chi connectivity index (χ4v) is 2.45. The fraction of sp³-hybridized carbons (Fsp3) is 0.333. The van der Waals surface area contributed by atoms with Gasteiger partial charge in [0.1, 0.15) is 10.4 Å². The van der Waals surface area contributed by atoms with Crippen molar-refractivity contribution >= 4 is 15.9 Å². The number of methoxy groups -OCH3 is 2. The summed E-state index contributed by atoms with van der Waals surface area (Å²) in [6.07, 6.45) is 1.85. The van der Waals surface area contributed by atoms with Crippen LogP contribution in [0, 0.1) is 0 Å². The van der Waals surface area contributed by atoms with Crippen LogP contribution in [0.15, 0.2) is 28.9 Å². The first-order chi connectivity index (χ1) is 9.69. The molecule has 0 fully saturated rings. The van der Waals surface area contributed by atoms with Crippen LogP contribution in [0.3, 0.4) is 0 Å². The Hall–Kier alpha value is -1.62. The molecule has 106 valence electrons. The van der Waals surface area contributed by atoms with Crippen LogP contribution in [0.1, 0.15) is 19.2 Å². The van der Waals surface area contributed by atoms with Crippen LogP contribution in [0.2, 0.25) is 0 Å². The molecule has 4 nitrogen and oxygen atoms in total. The largest absolute Gasteiger partial charge is 0.493 e. The lowest BCUT2D eigenvalue weighted by molar-refractivity contribution is 0.356. The van der Waals surface area contributed by atoms with Crippen molar-refractivity contribution in [1.82, 2.24) is 9.97 Å². The second-order valence-electron chi connectivity index (χ2n) is 4.28. The van der Waals surface area contributed by atoms with Gasteiger partial charge in [0, 0.05) is 12.0 Å². The summed E-state index contributed by atoms with van der Waals surface area (Å²) < 4.78 is 11.6.